The monoisotopic (exact) mass is 299 g/mol. The van der Waals surface area contributed by atoms with Crippen molar-refractivity contribution in [2.45, 2.75) is 18.9 Å². The molecule has 3 N–H and O–H groups in total. The van der Waals surface area contributed by atoms with Gasteiger partial charge in [0, 0.05) is 13.1 Å². The van der Waals surface area contributed by atoms with E-state index in [0.29, 0.717) is 19.5 Å². The standard InChI is InChI=1S/C12H17N3O6/c16-9(5-21-6-10(17)18)14-12(20)15-3-1-2-7-8(15)4-13-11(7)19/h7-8H,1-6H2,(H,13,19)(H,17,18)(H,14,16,20). The zero-order valence-corrected chi connectivity index (χ0v) is 11.3. The number of nitrogens with one attached hydrogen (secondary N) is 2. The molecule has 2 aliphatic heterocycles. The lowest BCUT2D eigenvalue weighted by molar-refractivity contribution is -0.143. The average Bonchev–Trinajstić information content (AvgIpc) is 2.80. The summed E-state index contributed by atoms with van der Waals surface area (Å²) in [6.45, 7) is -0.239. The van der Waals surface area contributed by atoms with Gasteiger partial charge in [0.2, 0.25) is 5.91 Å². The van der Waals surface area contributed by atoms with Crippen molar-refractivity contribution in [1.29, 1.82) is 0 Å². The van der Waals surface area contributed by atoms with E-state index < -0.39 is 31.1 Å². The lowest BCUT2D eigenvalue weighted by atomic mass is 9.92. The van der Waals surface area contributed by atoms with Crippen LogP contribution in [0.1, 0.15) is 12.8 Å². The number of imide groups is 1. The number of carbonyl (C=O) groups is 4. The van der Waals surface area contributed by atoms with Crippen LogP contribution >= 0.6 is 0 Å². The van der Waals surface area contributed by atoms with Crippen LogP contribution in [0.3, 0.4) is 0 Å². The number of piperidine rings is 1. The number of nitrogens with zero attached hydrogens (tertiary/aromatic N) is 1. The number of amides is 4. The molecule has 2 saturated heterocycles. The van der Waals surface area contributed by atoms with E-state index in [-0.39, 0.29) is 17.9 Å². The van der Waals surface area contributed by atoms with Gasteiger partial charge in [0.15, 0.2) is 0 Å². The minimum absolute atomic E-state index is 0.0615. The van der Waals surface area contributed by atoms with Crippen LogP contribution in [0.4, 0.5) is 4.79 Å². The van der Waals surface area contributed by atoms with Crippen LogP contribution in [0, 0.1) is 5.92 Å². The summed E-state index contributed by atoms with van der Waals surface area (Å²) < 4.78 is 4.60. The van der Waals surface area contributed by atoms with Crippen molar-refractivity contribution in [3.05, 3.63) is 0 Å². The smallest absolute Gasteiger partial charge is 0.329 e. The third kappa shape index (κ3) is 3.69. The van der Waals surface area contributed by atoms with Crippen molar-refractivity contribution < 1.29 is 29.0 Å². The predicted molar refractivity (Wildman–Crippen MR) is 68.2 cm³/mol. The zero-order valence-electron chi connectivity index (χ0n) is 11.3. The molecule has 4 amide bonds. The van der Waals surface area contributed by atoms with E-state index in [1.54, 1.807) is 0 Å². The summed E-state index contributed by atoms with van der Waals surface area (Å²) in [7, 11) is 0. The topological polar surface area (TPSA) is 125 Å². The van der Waals surface area contributed by atoms with Crippen LogP contribution in [-0.2, 0) is 19.1 Å². The van der Waals surface area contributed by atoms with E-state index in [1.165, 1.54) is 4.90 Å². The summed E-state index contributed by atoms with van der Waals surface area (Å²) in [5.74, 6) is -2.18. The molecule has 0 aromatic rings. The van der Waals surface area contributed by atoms with E-state index in [4.69, 9.17) is 5.11 Å². The SMILES string of the molecule is O=C(O)COCC(=O)NC(=O)N1CCCC2C(=O)NCC21. The van der Waals surface area contributed by atoms with Crippen LogP contribution in [0.25, 0.3) is 0 Å². The first kappa shape index (κ1) is 15.2. The van der Waals surface area contributed by atoms with Crippen molar-refractivity contribution in [3.8, 4) is 0 Å². The Morgan fingerprint density at radius 1 is 1.38 bits per heavy atom. The van der Waals surface area contributed by atoms with Crippen molar-refractivity contribution in [1.82, 2.24) is 15.5 Å². The summed E-state index contributed by atoms with van der Waals surface area (Å²) >= 11 is 0. The van der Waals surface area contributed by atoms with Crippen molar-refractivity contribution in [2.75, 3.05) is 26.3 Å². The summed E-state index contributed by atoms with van der Waals surface area (Å²) in [4.78, 5) is 46.8. The molecular weight excluding hydrogens is 282 g/mol. The number of rotatable bonds is 4. The number of urea groups is 1. The molecule has 2 heterocycles. The first-order valence-corrected chi connectivity index (χ1v) is 6.66. The Morgan fingerprint density at radius 3 is 2.86 bits per heavy atom. The fourth-order valence-corrected chi connectivity index (χ4v) is 2.66. The number of carbonyl (C=O) groups excluding carboxylic acids is 3. The lowest BCUT2D eigenvalue weighted by Gasteiger charge is -2.35. The Bertz CT molecular complexity index is 466. The number of ether oxygens (including phenoxy) is 1. The van der Waals surface area contributed by atoms with Crippen molar-refractivity contribution in [2.24, 2.45) is 5.92 Å². The van der Waals surface area contributed by atoms with E-state index in [2.05, 4.69) is 15.4 Å². The summed E-state index contributed by atoms with van der Waals surface area (Å²) in [5, 5.41) is 13.2. The number of hydrogen-bond acceptors (Lipinski definition) is 5. The Labute approximate surface area is 120 Å². The van der Waals surface area contributed by atoms with Gasteiger partial charge in [-0.15, -0.1) is 0 Å². The van der Waals surface area contributed by atoms with E-state index in [1.807, 2.05) is 0 Å². The number of hydrogen-bond donors (Lipinski definition) is 3. The van der Waals surface area contributed by atoms with Crippen LogP contribution in [0.15, 0.2) is 0 Å². The first-order valence-electron chi connectivity index (χ1n) is 6.66. The van der Waals surface area contributed by atoms with Gasteiger partial charge >= 0.3 is 12.0 Å². The second-order valence-electron chi connectivity index (χ2n) is 4.99. The van der Waals surface area contributed by atoms with Gasteiger partial charge in [-0.2, -0.15) is 0 Å². The highest BCUT2D eigenvalue weighted by molar-refractivity contribution is 5.95. The number of carboxylic acids is 1. The van der Waals surface area contributed by atoms with Gasteiger partial charge in [-0.3, -0.25) is 14.9 Å². The second kappa shape index (κ2) is 6.53. The van der Waals surface area contributed by atoms with Gasteiger partial charge in [0.25, 0.3) is 5.91 Å². The number of carboxylic acid groups (broad SMARTS) is 1. The van der Waals surface area contributed by atoms with E-state index in [9.17, 15) is 19.2 Å². The van der Waals surface area contributed by atoms with Gasteiger partial charge in [-0.05, 0) is 12.8 Å². The molecule has 0 radical (unpaired) electrons. The molecule has 0 aromatic heterocycles. The highest BCUT2D eigenvalue weighted by atomic mass is 16.5. The fourth-order valence-electron chi connectivity index (χ4n) is 2.66. The highest BCUT2D eigenvalue weighted by Crippen LogP contribution is 2.27. The molecule has 2 atom stereocenters. The summed E-state index contributed by atoms with van der Waals surface area (Å²) in [6, 6.07) is -0.816. The number of likely N-dealkylation sites (tertiary alicyclic amines) is 1. The molecule has 0 spiro atoms. The molecule has 2 aliphatic rings. The lowest BCUT2D eigenvalue weighted by Crippen LogP contribution is -2.54. The van der Waals surface area contributed by atoms with E-state index >= 15 is 0 Å². The molecule has 0 aliphatic carbocycles. The largest absolute Gasteiger partial charge is 0.480 e. The Balaban J connectivity index is 1.83. The Kier molecular flexibility index (Phi) is 4.73. The Morgan fingerprint density at radius 2 is 2.14 bits per heavy atom. The minimum Gasteiger partial charge on any atom is -0.480 e. The molecule has 116 valence electrons. The van der Waals surface area contributed by atoms with Crippen LogP contribution in [-0.4, -0.2) is 66.2 Å². The van der Waals surface area contributed by atoms with Crippen LogP contribution in [0.5, 0.6) is 0 Å². The average molecular weight is 299 g/mol. The maximum absolute atomic E-state index is 12.0. The first-order chi connectivity index (χ1) is 9.99. The van der Waals surface area contributed by atoms with Crippen molar-refractivity contribution >= 4 is 23.8 Å². The zero-order chi connectivity index (χ0) is 15.4. The molecule has 2 unspecified atom stereocenters. The fraction of sp³-hybridized carbons (Fsp3) is 0.667. The molecule has 0 aromatic carbocycles. The third-order valence-electron chi connectivity index (χ3n) is 3.57. The molecule has 9 heteroatoms. The van der Waals surface area contributed by atoms with Gasteiger partial charge < -0.3 is 20.1 Å². The normalized spacial score (nSPS) is 24.2. The van der Waals surface area contributed by atoms with E-state index in [0.717, 1.165) is 6.42 Å². The van der Waals surface area contributed by atoms with Gasteiger partial charge in [0.05, 0.1) is 12.0 Å². The maximum Gasteiger partial charge on any atom is 0.329 e. The third-order valence-corrected chi connectivity index (χ3v) is 3.57. The molecule has 21 heavy (non-hydrogen) atoms. The van der Waals surface area contributed by atoms with Crippen LogP contribution in [0.2, 0.25) is 0 Å². The maximum atomic E-state index is 12.0. The van der Waals surface area contributed by atoms with Gasteiger partial charge in [-0.1, -0.05) is 0 Å². The minimum atomic E-state index is -1.19. The molecule has 9 nitrogen and oxygen atoms in total. The molecular formula is C12H17N3O6. The molecule has 0 bridgehead atoms. The highest BCUT2D eigenvalue weighted by Gasteiger charge is 2.42. The Hall–Kier alpha value is -2.16. The number of fused-ring (bicyclic) bond motifs is 1. The summed E-state index contributed by atoms with van der Waals surface area (Å²) in [6.07, 6.45) is 1.43. The van der Waals surface area contributed by atoms with Crippen molar-refractivity contribution in [3.63, 3.8) is 0 Å². The molecule has 2 fully saturated rings. The molecule has 2 rings (SSSR count). The second-order valence-corrected chi connectivity index (χ2v) is 4.99. The quantitative estimate of drug-likeness (QED) is 0.582. The predicted octanol–water partition coefficient (Wildman–Crippen LogP) is -1.47. The van der Waals surface area contributed by atoms with Crippen LogP contribution < -0.4 is 10.6 Å². The van der Waals surface area contributed by atoms with Gasteiger partial charge in [0.1, 0.15) is 13.2 Å². The van der Waals surface area contributed by atoms with Gasteiger partial charge in [-0.25, -0.2) is 9.59 Å². The summed E-state index contributed by atoms with van der Waals surface area (Å²) in [5.41, 5.74) is 0. The molecule has 0 saturated carbocycles. The number of aliphatic carboxylic acids is 1.